The van der Waals surface area contributed by atoms with Gasteiger partial charge >= 0.3 is 0 Å². The van der Waals surface area contributed by atoms with E-state index in [2.05, 4.69) is 17.1 Å². The molecule has 2 aromatic rings. The average Bonchev–Trinajstić information content (AvgIpc) is 2.71. The molecule has 1 aliphatic rings. The maximum atomic E-state index is 14.1. The van der Waals surface area contributed by atoms with E-state index in [1.807, 2.05) is 36.4 Å². The molecule has 0 amide bonds. The zero-order valence-electron chi connectivity index (χ0n) is 15.9. The lowest BCUT2D eigenvalue weighted by Crippen LogP contribution is -2.46. The van der Waals surface area contributed by atoms with E-state index in [0.717, 1.165) is 43.8 Å². The summed E-state index contributed by atoms with van der Waals surface area (Å²) in [6.45, 7) is 2.70. The van der Waals surface area contributed by atoms with Crippen LogP contribution in [0.3, 0.4) is 0 Å². The molecule has 0 aliphatic carbocycles. The van der Waals surface area contributed by atoms with Crippen LogP contribution in [0.1, 0.15) is 24.0 Å². The zero-order chi connectivity index (χ0) is 19.1. The third-order valence-corrected chi connectivity index (χ3v) is 5.39. The van der Waals surface area contributed by atoms with Crippen molar-refractivity contribution in [2.24, 2.45) is 5.41 Å². The number of piperidine rings is 1. The van der Waals surface area contributed by atoms with Crippen LogP contribution in [0.4, 0.5) is 4.39 Å². The van der Waals surface area contributed by atoms with Crippen LogP contribution in [0.2, 0.25) is 0 Å². The molecule has 1 unspecified atom stereocenters. The minimum absolute atomic E-state index is 0.0834. The Morgan fingerprint density at radius 2 is 1.96 bits per heavy atom. The molecule has 1 atom stereocenters. The summed E-state index contributed by atoms with van der Waals surface area (Å²) < 4.78 is 19.3. The van der Waals surface area contributed by atoms with Gasteiger partial charge in [-0.1, -0.05) is 42.5 Å². The number of methoxy groups -OCH3 is 1. The summed E-state index contributed by atoms with van der Waals surface area (Å²) in [6, 6.07) is 14.9. The number of benzene rings is 2. The molecule has 0 bridgehead atoms. The number of rotatable bonds is 7. The van der Waals surface area contributed by atoms with Crippen molar-refractivity contribution in [3.8, 4) is 5.75 Å². The highest BCUT2D eigenvalue weighted by Crippen LogP contribution is 2.34. The number of hydrogen-bond donors (Lipinski definition) is 1. The Morgan fingerprint density at radius 1 is 1.19 bits per heavy atom. The normalized spacial score (nSPS) is 20.9. The Hall–Kier alpha value is -2.17. The third-order valence-electron chi connectivity index (χ3n) is 5.39. The first kappa shape index (κ1) is 19.6. The first-order valence-electron chi connectivity index (χ1n) is 9.51. The first-order chi connectivity index (χ1) is 13.1. The van der Waals surface area contributed by atoms with E-state index in [9.17, 15) is 9.50 Å². The fourth-order valence-electron chi connectivity index (χ4n) is 3.89. The van der Waals surface area contributed by atoms with Gasteiger partial charge in [0.25, 0.3) is 0 Å². The molecule has 0 aromatic heterocycles. The molecule has 144 valence electrons. The smallest absolute Gasteiger partial charge is 0.126 e. The SMILES string of the molecule is COc1ccc(C=CCN2CCCC(CO)(Cc3ccccc3F)C2)cc1. The Kier molecular flexibility index (Phi) is 6.64. The van der Waals surface area contributed by atoms with Gasteiger partial charge in [-0.05, 0) is 55.1 Å². The van der Waals surface area contributed by atoms with Crippen LogP contribution in [0.25, 0.3) is 6.08 Å². The predicted molar refractivity (Wildman–Crippen MR) is 107 cm³/mol. The van der Waals surface area contributed by atoms with Gasteiger partial charge in [0, 0.05) is 18.5 Å². The van der Waals surface area contributed by atoms with Gasteiger partial charge in [0.15, 0.2) is 0 Å². The second-order valence-corrected chi connectivity index (χ2v) is 7.44. The molecule has 3 rings (SSSR count). The largest absolute Gasteiger partial charge is 0.497 e. The summed E-state index contributed by atoms with van der Waals surface area (Å²) in [7, 11) is 1.66. The van der Waals surface area contributed by atoms with E-state index in [1.165, 1.54) is 6.07 Å². The third kappa shape index (κ3) is 5.18. The fourth-order valence-corrected chi connectivity index (χ4v) is 3.89. The number of likely N-dealkylation sites (tertiary alicyclic amines) is 1. The highest BCUT2D eigenvalue weighted by atomic mass is 19.1. The molecule has 3 nitrogen and oxygen atoms in total. The van der Waals surface area contributed by atoms with Crippen molar-refractivity contribution in [1.29, 1.82) is 0 Å². The Bertz CT molecular complexity index is 759. The molecule has 4 heteroatoms. The molecular weight excluding hydrogens is 341 g/mol. The average molecular weight is 369 g/mol. The molecule has 0 saturated carbocycles. The quantitative estimate of drug-likeness (QED) is 0.795. The van der Waals surface area contributed by atoms with Crippen molar-refractivity contribution in [2.45, 2.75) is 19.3 Å². The van der Waals surface area contributed by atoms with Crippen molar-refractivity contribution >= 4 is 6.08 Å². The van der Waals surface area contributed by atoms with Gasteiger partial charge in [-0.2, -0.15) is 0 Å². The Morgan fingerprint density at radius 3 is 2.67 bits per heavy atom. The van der Waals surface area contributed by atoms with Gasteiger partial charge < -0.3 is 9.84 Å². The van der Waals surface area contributed by atoms with Crippen LogP contribution in [-0.4, -0.2) is 43.4 Å². The van der Waals surface area contributed by atoms with Crippen LogP contribution in [0.15, 0.2) is 54.6 Å². The molecule has 1 N–H and O–H groups in total. The van der Waals surface area contributed by atoms with Gasteiger partial charge in [-0.15, -0.1) is 0 Å². The van der Waals surface area contributed by atoms with Crippen molar-refractivity contribution in [2.75, 3.05) is 33.4 Å². The van der Waals surface area contributed by atoms with Gasteiger partial charge in [0.2, 0.25) is 0 Å². The molecule has 1 heterocycles. The number of hydrogen-bond acceptors (Lipinski definition) is 3. The number of nitrogens with zero attached hydrogens (tertiary/aromatic N) is 1. The van der Waals surface area contributed by atoms with Gasteiger partial charge in [0.1, 0.15) is 11.6 Å². The fraction of sp³-hybridized carbons (Fsp3) is 0.391. The minimum Gasteiger partial charge on any atom is -0.497 e. The molecule has 1 saturated heterocycles. The van der Waals surface area contributed by atoms with E-state index in [0.29, 0.717) is 12.0 Å². The van der Waals surface area contributed by atoms with Crippen LogP contribution in [0.5, 0.6) is 5.75 Å². The van der Waals surface area contributed by atoms with E-state index in [1.54, 1.807) is 13.2 Å². The van der Waals surface area contributed by atoms with Crippen molar-refractivity contribution in [3.63, 3.8) is 0 Å². The Labute approximate surface area is 161 Å². The van der Waals surface area contributed by atoms with Crippen LogP contribution in [-0.2, 0) is 6.42 Å². The van der Waals surface area contributed by atoms with Crippen LogP contribution in [0, 0.1) is 11.2 Å². The highest BCUT2D eigenvalue weighted by Gasteiger charge is 2.35. The van der Waals surface area contributed by atoms with E-state index in [4.69, 9.17) is 4.74 Å². The lowest BCUT2D eigenvalue weighted by Gasteiger charge is -2.41. The highest BCUT2D eigenvalue weighted by molar-refractivity contribution is 5.50. The predicted octanol–water partition coefficient (Wildman–Crippen LogP) is 4.16. The van der Waals surface area contributed by atoms with Crippen molar-refractivity contribution in [1.82, 2.24) is 4.90 Å². The molecule has 0 spiro atoms. The molecule has 27 heavy (non-hydrogen) atoms. The van der Waals surface area contributed by atoms with Gasteiger partial charge in [0.05, 0.1) is 13.7 Å². The van der Waals surface area contributed by atoms with E-state index >= 15 is 0 Å². The molecular formula is C23H28FNO2. The molecule has 2 aromatic carbocycles. The molecule has 0 radical (unpaired) electrons. The van der Waals surface area contributed by atoms with Crippen molar-refractivity contribution in [3.05, 3.63) is 71.6 Å². The molecule has 1 aliphatic heterocycles. The van der Waals surface area contributed by atoms with Crippen LogP contribution >= 0.6 is 0 Å². The number of halogens is 1. The standard InChI is InChI=1S/C23H28FNO2/c1-27-21-11-9-19(10-12-21)6-4-14-25-15-5-13-23(17-25,18-26)16-20-7-2-3-8-22(20)24/h2-4,6-12,26H,5,13-18H2,1H3. The minimum atomic E-state index is -0.269. The van der Waals surface area contributed by atoms with Crippen molar-refractivity contribution < 1.29 is 14.2 Å². The van der Waals surface area contributed by atoms with Crippen LogP contribution < -0.4 is 4.74 Å². The van der Waals surface area contributed by atoms with Gasteiger partial charge in [-0.25, -0.2) is 4.39 Å². The zero-order valence-corrected chi connectivity index (χ0v) is 15.9. The molecule has 1 fully saturated rings. The summed E-state index contributed by atoms with van der Waals surface area (Å²) in [5, 5.41) is 10.1. The Balaban J connectivity index is 1.61. The maximum absolute atomic E-state index is 14.1. The van der Waals surface area contributed by atoms with Gasteiger partial charge in [-0.3, -0.25) is 4.90 Å². The topological polar surface area (TPSA) is 32.7 Å². The lowest BCUT2D eigenvalue weighted by molar-refractivity contribution is 0.0370. The summed E-state index contributed by atoms with van der Waals surface area (Å²) in [4.78, 5) is 2.35. The second-order valence-electron chi connectivity index (χ2n) is 7.44. The number of ether oxygens (including phenoxy) is 1. The lowest BCUT2D eigenvalue weighted by atomic mass is 9.75. The summed E-state index contributed by atoms with van der Waals surface area (Å²) in [5.74, 6) is 0.672. The number of aliphatic hydroxyl groups excluding tert-OH is 1. The second kappa shape index (κ2) is 9.16. The maximum Gasteiger partial charge on any atom is 0.126 e. The van der Waals surface area contributed by atoms with E-state index < -0.39 is 0 Å². The summed E-state index contributed by atoms with van der Waals surface area (Å²) in [5.41, 5.74) is 1.56. The van der Waals surface area contributed by atoms with E-state index in [-0.39, 0.29) is 17.8 Å². The first-order valence-corrected chi connectivity index (χ1v) is 9.51. The monoisotopic (exact) mass is 369 g/mol. The summed E-state index contributed by atoms with van der Waals surface area (Å²) in [6.07, 6.45) is 6.78. The number of aliphatic hydroxyl groups is 1. The summed E-state index contributed by atoms with van der Waals surface area (Å²) >= 11 is 0.